The van der Waals surface area contributed by atoms with Crippen molar-refractivity contribution in [3.8, 4) is 0 Å². The van der Waals surface area contributed by atoms with Gasteiger partial charge in [-0.05, 0) is 12.1 Å². The summed E-state index contributed by atoms with van der Waals surface area (Å²) in [6.07, 6.45) is -1.12. The van der Waals surface area contributed by atoms with Gasteiger partial charge in [0.05, 0.1) is 11.0 Å². The third-order valence-corrected chi connectivity index (χ3v) is 1.78. The van der Waals surface area contributed by atoms with Crippen molar-refractivity contribution in [3.05, 3.63) is 24.3 Å². The van der Waals surface area contributed by atoms with Crippen molar-refractivity contribution in [2.75, 3.05) is 5.73 Å². The van der Waals surface area contributed by atoms with Gasteiger partial charge in [0.25, 0.3) is 0 Å². The first-order valence-electron chi connectivity index (χ1n) is 3.66. The minimum absolute atomic E-state index is 0.00583. The van der Waals surface area contributed by atoms with E-state index in [0.717, 1.165) is 4.57 Å². The van der Waals surface area contributed by atoms with Crippen LogP contribution in [0.3, 0.4) is 0 Å². The zero-order valence-corrected chi connectivity index (χ0v) is 6.64. The maximum atomic E-state index is 10.7. The van der Waals surface area contributed by atoms with Crippen molar-refractivity contribution in [3.63, 3.8) is 0 Å². The molecule has 1 aromatic heterocycles. The smallest absolute Gasteiger partial charge is 0.418 e. The Morgan fingerprint density at radius 3 is 2.85 bits per heavy atom. The van der Waals surface area contributed by atoms with Gasteiger partial charge in [-0.3, -0.25) is 0 Å². The minimum atomic E-state index is -1.12. The number of hydrogen-bond acceptors (Lipinski definition) is 3. The van der Waals surface area contributed by atoms with Crippen LogP contribution in [0, 0.1) is 0 Å². The van der Waals surface area contributed by atoms with E-state index < -0.39 is 6.09 Å². The van der Waals surface area contributed by atoms with Gasteiger partial charge in [0.1, 0.15) is 0 Å². The predicted octanol–water partition coefficient (Wildman–Crippen LogP) is 1.14. The van der Waals surface area contributed by atoms with Crippen LogP contribution in [-0.4, -0.2) is 20.8 Å². The zero-order valence-electron chi connectivity index (χ0n) is 6.64. The molecule has 3 N–H and O–H groups in total. The largest absolute Gasteiger partial charge is 0.464 e. The Balaban J connectivity index is 2.86. The number of aromatic nitrogens is 2. The highest BCUT2D eigenvalue weighted by Crippen LogP contribution is 2.16. The van der Waals surface area contributed by atoms with Crippen molar-refractivity contribution in [2.45, 2.75) is 0 Å². The lowest BCUT2D eigenvalue weighted by Crippen LogP contribution is -2.10. The Hall–Kier alpha value is -2.04. The van der Waals surface area contributed by atoms with Crippen LogP contribution < -0.4 is 5.73 Å². The molecule has 0 saturated carbocycles. The third-order valence-electron chi connectivity index (χ3n) is 1.78. The summed E-state index contributed by atoms with van der Waals surface area (Å²) in [7, 11) is 0. The molecule has 13 heavy (non-hydrogen) atoms. The van der Waals surface area contributed by atoms with Gasteiger partial charge in [-0.25, -0.2) is 14.3 Å². The summed E-state index contributed by atoms with van der Waals surface area (Å²) in [5.41, 5.74) is 6.52. The Labute approximate surface area is 73.4 Å². The van der Waals surface area contributed by atoms with E-state index in [1.165, 1.54) is 0 Å². The van der Waals surface area contributed by atoms with Gasteiger partial charge in [0, 0.05) is 0 Å². The summed E-state index contributed by atoms with van der Waals surface area (Å²) in [6.45, 7) is 0. The average molecular weight is 177 g/mol. The van der Waals surface area contributed by atoms with Gasteiger partial charge in [0.15, 0.2) is 0 Å². The summed E-state index contributed by atoms with van der Waals surface area (Å²) in [5, 5.41) is 8.80. The second kappa shape index (κ2) is 2.48. The van der Waals surface area contributed by atoms with Gasteiger partial charge in [-0.2, -0.15) is 0 Å². The third kappa shape index (κ3) is 1.01. The number of nitrogens with two attached hydrogens (primary N) is 1. The van der Waals surface area contributed by atoms with E-state index in [2.05, 4.69) is 4.98 Å². The SMILES string of the molecule is Nc1nc2ccccc2n1C(=O)O. The molecule has 2 aromatic rings. The lowest BCUT2D eigenvalue weighted by molar-refractivity contribution is 0.198. The molecular formula is C8H7N3O2. The Kier molecular flexibility index (Phi) is 1.45. The van der Waals surface area contributed by atoms with Crippen LogP contribution >= 0.6 is 0 Å². The van der Waals surface area contributed by atoms with E-state index in [-0.39, 0.29) is 5.95 Å². The Morgan fingerprint density at radius 1 is 1.46 bits per heavy atom. The summed E-state index contributed by atoms with van der Waals surface area (Å²) < 4.78 is 0.954. The number of para-hydroxylation sites is 2. The molecule has 0 saturated heterocycles. The van der Waals surface area contributed by atoms with Gasteiger partial charge >= 0.3 is 6.09 Å². The summed E-state index contributed by atoms with van der Waals surface area (Å²) in [4.78, 5) is 14.6. The highest BCUT2D eigenvalue weighted by atomic mass is 16.4. The van der Waals surface area contributed by atoms with Gasteiger partial charge in [0.2, 0.25) is 5.95 Å². The van der Waals surface area contributed by atoms with Crippen LogP contribution in [0.4, 0.5) is 10.7 Å². The number of benzene rings is 1. The van der Waals surface area contributed by atoms with E-state index in [1.807, 2.05) is 0 Å². The monoisotopic (exact) mass is 177 g/mol. The fourth-order valence-electron chi connectivity index (χ4n) is 1.25. The number of anilines is 1. The first-order chi connectivity index (χ1) is 6.20. The highest BCUT2D eigenvalue weighted by Gasteiger charge is 2.11. The van der Waals surface area contributed by atoms with Gasteiger partial charge in [-0.15, -0.1) is 0 Å². The summed E-state index contributed by atoms with van der Waals surface area (Å²) >= 11 is 0. The van der Waals surface area contributed by atoms with Crippen LogP contribution in [0.2, 0.25) is 0 Å². The number of rotatable bonds is 0. The molecule has 0 aliphatic heterocycles. The molecule has 0 amide bonds. The molecule has 5 heteroatoms. The molecule has 0 atom stereocenters. The number of carbonyl (C=O) groups is 1. The Morgan fingerprint density at radius 2 is 2.15 bits per heavy atom. The van der Waals surface area contributed by atoms with Crippen molar-refractivity contribution >= 4 is 23.1 Å². The van der Waals surface area contributed by atoms with Crippen LogP contribution in [0.15, 0.2) is 24.3 Å². The molecule has 0 bridgehead atoms. The maximum Gasteiger partial charge on any atom is 0.418 e. The molecule has 0 spiro atoms. The lowest BCUT2D eigenvalue weighted by atomic mass is 10.3. The van der Waals surface area contributed by atoms with Crippen molar-refractivity contribution in [2.24, 2.45) is 0 Å². The maximum absolute atomic E-state index is 10.7. The lowest BCUT2D eigenvalue weighted by Gasteiger charge is -1.96. The molecule has 66 valence electrons. The van der Waals surface area contributed by atoms with Crippen molar-refractivity contribution in [1.82, 2.24) is 9.55 Å². The summed E-state index contributed by atoms with van der Waals surface area (Å²) in [5.74, 6) is -0.00583. The van der Waals surface area contributed by atoms with Crippen LogP contribution in [-0.2, 0) is 0 Å². The number of fused-ring (bicyclic) bond motifs is 1. The van der Waals surface area contributed by atoms with E-state index >= 15 is 0 Å². The minimum Gasteiger partial charge on any atom is -0.464 e. The standard InChI is InChI=1S/C8H7N3O2/c9-7-10-5-3-1-2-4-6(5)11(7)8(12)13/h1-4H,(H2,9,10)(H,12,13). The molecule has 0 aliphatic carbocycles. The van der Waals surface area contributed by atoms with E-state index in [4.69, 9.17) is 10.8 Å². The molecule has 2 rings (SSSR count). The highest BCUT2D eigenvalue weighted by molar-refractivity contribution is 5.89. The zero-order chi connectivity index (χ0) is 9.42. The predicted molar refractivity (Wildman–Crippen MR) is 47.6 cm³/mol. The first-order valence-corrected chi connectivity index (χ1v) is 3.66. The van der Waals surface area contributed by atoms with E-state index in [9.17, 15) is 4.79 Å². The van der Waals surface area contributed by atoms with Crippen molar-refractivity contribution < 1.29 is 9.90 Å². The second-order valence-electron chi connectivity index (χ2n) is 2.58. The molecule has 1 aromatic carbocycles. The van der Waals surface area contributed by atoms with Gasteiger partial charge in [-0.1, -0.05) is 12.1 Å². The molecule has 0 unspecified atom stereocenters. The van der Waals surface area contributed by atoms with Crippen molar-refractivity contribution in [1.29, 1.82) is 0 Å². The molecule has 1 heterocycles. The fraction of sp³-hybridized carbons (Fsp3) is 0. The normalized spacial score (nSPS) is 10.5. The molecule has 0 radical (unpaired) electrons. The van der Waals surface area contributed by atoms with Gasteiger partial charge < -0.3 is 10.8 Å². The number of imidazole rings is 1. The quantitative estimate of drug-likeness (QED) is 0.632. The molecule has 0 fully saturated rings. The number of hydrogen-bond donors (Lipinski definition) is 2. The summed E-state index contributed by atoms with van der Waals surface area (Å²) in [6, 6.07) is 6.89. The van der Waals surface area contributed by atoms with E-state index in [1.54, 1.807) is 24.3 Å². The fourth-order valence-corrected chi connectivity index (χ4v) is 1.25. The topological polar surface area (TPSA) is 81.1 Å². The average Bonchev–Trinajstić information content (AvgIpc) is 2.39. The Bertz CT molecular complexity index is 475. The number of carboxylic acid groups (broad SMARTS) is 1. The molecule has 5 nitrogen and oxygen atoms in total. The molecular weight excluding hydrogens is 170 g/mol. The number of nitrogen functional groups attached to an aromatic ring is 1. The first kappa shape index (κ1) is 7.60. The van der Waals surface area contributed by atoms with Crippen LogP contribution in [0.5, 0.6) is 0 Å². The van der Waals surface area contributed by atoms with Crippen LogP contribution in [0.25, 0.3) is 11.0 Å². The van der Waals surface area contributed by atoms with E-state index in [0.29, 0.717) is 11.0 Å². The van der Waals surface area contributed by atoms with Crippen LogP contribution in [0.1, 0.15) is 0 Å². The number of nitrogens with zero attached hydrogens (tertiary/aromatic N) is 2. The second-order valence-corrected chi connectivity index (χ2v) is 2.58. The molecule has 0 aliphatic rings.